The molecule has 1 aliphatic heterocycles. The number of aromatic nitrogens is 2. The summed E-state index contributed by atoms with van der Waals surface area (Å²) in [6.07, 6.45) is 0.481. The molecule has 0 aromatic carbocycles. The van der Waals surface area contributed by atoms with Gasteiger partial charge in [-0.2, -0.15) is 16.3 Å². The van der Waals surface area contributed by atoms with Crippen LogP contribution in [0.4, 0.5) is 0 Å². The summed E-state index contributed by atoms with van der Waals surface area (Å²) in [6, 6.07) is 5.93. The molecule has 0 saturated carbocycles. The number of hydrogen-bond donors (Lipinski definition) is 0. The number of amides is 1. The van der Waals surface area contributed by atoms with Crippen molar-refractivity contribution >= 4 is 28.6 Å². The van der Waals surface area contributed by atoms with Gasteiger partial charge in [-0.15, -0.1) is 11.3 Å². The number of carbonyl (C=O) groups is 1. The number of nitrogens with zero attached hydrogens (tertiary/aromatic N) is 3. The molecule has 4 rings (SSSR count). The summed E-state index contributed by atoms with van der Waals surface area (Å²) in [6.45, 7) is 1.32. The van der Waals surface area contributed by atoms with Gasteiger partial charge in [-0.1, -0.05) is 11.2 Å². The van der Waals surface area contributed by atoms with Gasteiger partial charge in [0.05, 0.1) is 12.3 Å². The molecule has 1 fully saturated rings. The normalized spacial score (nSPS) is 15.0. The van der Waals surface area contributed by atoms with Crippen molar-refractivity contribution in [3.05, 3.63) is 45.1 Å². The molecular formula is C15H13N3O2S2. The van der Waals surface area contributed by atoms with Crippen LogP contribution in [0.2, 0.25) is 0 Å². The zero-order valence-corrected chi connectivity index (χ0v) is 13.3. The number of rotatable bonds is 4. The van der Waals surface area contributed by atoms with E-state index in [1.165, 1.54) is 0 Å². The molecule has 0 radical (unpaired) electrons. The highest BCUT2D eigenvalue weighted by molar-refractivity contribution is 7.10. The zero-order valence-electron chi connectivity index (χ0n) is 11.6. The van der Waals surface area contributed by atoms with Gasteiger partial charge in [0.25, 0.3) is 0 Å². The first-order valence-electron chi connectivity index (χ1n) is 6.96. The summed E-state index contributed by atoms with van der Waals surface area (Å²) >= 11 is 3.22. The van der Waals surface area contributed by atoms with Gasteiger partial charge < -0.3 is 9.42 Å². The second-order valence-electron chi connectivity index (χ2n) is 5.22. The highest BCUT2D eigenvalue weighted by Gasteiger charge is 2.35. The van der Waals surface area contributed by atoms with Crippen LogP contribution in [-0.4, -0.2) is 34.0 Å². The van der Waals surface area contributed by atoms with E-state index in [0.29, 0.717) is 31.2 Å². The molecule has 0 unspecified atom stereocenters. The van der Waals surface area contributed by atoms with Crippen molar-refractivity contribution < 1.29 is 9.32 Å². The molecule has 4 heterocycles. The summed E-state index contributed by atoms with van der Waals surface area (Å²) in [5.74, 6) is 1.57. The van der Waals surface area contributed by atoms with Gasteiger partial charge in [0.15, 0.2) is 0 Å². The lowest BCUT2D eigenvalue weighted by atomic mass is 9.99. The predicted molar refractivity (Wildman–Crippen MR) is 85.0 cm³/mol. The first-order chi connectivity index (χ1) is 10.8. The van der Waals surface area contributed by atoms with Crippen molar-refractivity contribution in [1.29, 1.82) is 0 Å². The molecule has 5 nitrogen and oxygen atoms in total. The summed E-state index contributed by atoms with van der Waals surface area (Å²) in [7, 11) is 0. The van der Waals surface area contributed by atoms with Crippen LogP contribution in [0.1, 0.15) is 16.7 Å². The van der Waals surface area contributed by atoms with E-state index in [4.69, 9.17) is 4.52 Å². The largest absolute Gasteiger partial charge is 0.341 e. The quantitative estimate of drug-likeness (QED) is 0.737. The third kappa shape index (κ3) is 2.57. The van der Waals surface area contributed by atoms with Crippen molar-refractivity contribution in [2.45, 2.75) is 12.3 Å². The molecule has 3 aromatic heterocycles. The van der Waals surface area contributed by atoms with Crippen molar-refractivity contribution in [2.24, 2.45) is 0 Å². The fraction of sp³-hybridized carbons (Fsp3) is 0.267. The maximum Gasteiger partial charge on any atom is 0.233 e. The molecule has 112 valence electrons. The molecule has 0 aliphatic carbocycles. The summed E-state index contributed by atoms with van der Waals surface area (Å²) in [5.41, 5.74) is 0.977. The minimum atomic E-state index is 0.159. The third-order valence-corrected chi connectivity index (χ3v) is 5.27. The van der Waals surface area contributed by atoms with Crippen LogP contribution in [0, 0.1) is 0 Å². The standard InChI is InChI=1S/C15H13N3O2S2/c19-13(6-12-2-1-4-22-12)18-7-11(8-18)15-16-14(17-20-15)10-3-5-21-9-10/h1-5,9,11H,6-8H2. The van der Waals surface area contributed by atoms with E-state index in [0.717, 1.165) is 10.4 Å². The van der Waals surface area contributed by atoms with E-state index in [9.17, 15) is 4.79 Å². The lowest BCUT2D eigenvalue weighted by molar-refractivity contribution is -0.135. The average molecular weight is 331 g/mol. The van der Waals surface area contributed by atoms with Crippen molar-refractivity contribution in [1.82, 2.24) is 15.0 Å². The van der Waals surface area contributed by atoms with E-state index in [2.05, 4.69) is 10.1 Å². The van der Waals surface area contributed by atoms with Crippen molar-refractivity contribution in [3.63, 3.8) is 0 Å². The first kappa shape index (κ1) is 13.7. The Kier molecular flexibility index (Phi) is 3.51. The van der Waals surface area contributed by atoms with Gasteiger partial charge in [0, 0.05) is 28.9 Å². The minimum Gasteiger partial charge on any atom is -0.341 e. The molecular weight excluding hydrogens is 318 g/mol. The van der Waals surface area contributed by atoms with Crippen LogP contribution in [0.5, 0.6) is 0 Å². The molecule has 1 aliphatic rings. The Morgan fingerprint density at radius 2 is 2.27 bits per heavy atom. The van der Waals surface area contributed by atoms with Gasteiger partial charge >= 0.3 is 0 Å². The van der Waals surface area contributed by atoms with E-state index in [1.807, 2.05) is 39.2 Å². The van der Waals surface area contributed by atoms with Gasteiger partial charge in [-0.05, 0) is 22.9 Å². The van der Waals surface area contributed by atoms with Crippen LogP contribution in [0.25, 0.3) is 11.4 Å². The lowest BCUT2D eigenvalue weighted by Gasteiger charge is -2.37. The van der Waals surface area contributed by atoms with Crippen LogP contribution in [-0.2, 0) is 11.2 Å². The summed E-state index contributed by atoms with van der Waals surface area (Å²) in [4.78, 5) is 19.5. The predicted octanol–water partition coefficient (Wildman–Crippen LogP) is 3.03. The molecule has 0 atom stereocenters. The van der Waals surface area contributed by atoms with Crippen LogP contribution < -0.4 is 0 Å². The van der Waals surface area contributed by atoms with Gasteiger partial charge in [0.2, 0.25) is 17.6 Å². The molecule has 1 amide bonds. The highest BCUT2D eigenvalue weighted by Crippen LogP contribution is 2.28. The fourth-order valence-electron chi connectivity index (χ4n) is 2.42. The molecule has 0 spiro atoms. The lowest BCUT2D eigenvalue weighted by Crippen LogP contribution is -2.49. The zero-order chi connectivity index (χ0) is 14.9. The Hall–Kier alpha value is -1.99. The highest BCUT2D eigenvalue weighted by atomic mass is 32.1. The number of carbonyl (C=O) groups excluding carboxylic acids is 1. The Balaban J connectivity index is 1.36. The smallest absolute Gasteiger partial charge is 0.233 e. The Bertz CT molecular complexity index is 759. The van der Waals surface area contributed by atoms with E-state index < -0.39 is 0 Å². The molecule has 3 aromatic rings. The Morgan fingerprint density at radius 1 is 1.36 bits per heavy atom. The van der Waals surface area contributed by atoms with E-state index >= 15 is 0 Å². The molecule has 22 heavy (non-hydrogen) atoms. The number of thiophene rings is 2. The second kappa shape index (κ2) is 5.66. The molecule has 7 heteroatoms. The molecule has 1 saturated heterocycles. The Labute approximate surface area is 135 Å². The van der Waals surface area contributed by atoms with Gasteiger partial charge in [-0.3, -0.25) is 4.79 Å². The minimum absolute atomic E-state index is 0.159. The average Bonchev–Trinajstić information content (AvgIpc) is 3.19. The number of likely N-dealkylation sites (tertiary alicyclic amines) is 1. The fourth-order valence-corrected chi connectivity index (χ4v) is 3.75. The Morgan fingerprint density at radius 3 is 3.00 bits per heavy atom. The van der Waals surface area contributed by atoms with Crippen molar-refractivity contribution in [3.8, 4) is 11.4 Å². The molecule has 0 bridgehead atoms. The van der Waals surface area contributed by atoms with E-state index in [1.54, 1.807) is 22.7 Å². The van der Waals surface area contributed by atoms with E-state index in [-0.39, 0.29) is 11.8 Å². The first-order valence-corrected chi connectivity index (χ1v) is 8.78. The van der Waals surface area contributed by atoms with Crippen molar-refractivity contribution in [2.75, 3.05) is 13.1 Å². The maximum absolute atomic E-state index is 12.1. The van der Waals surface area contributed by atoms with Crippen LogP contribution in [0.15, 0.2) is 38.9 Å². The summed E-state index contributed by atoms with van der Waals surface area (Å²) < 4.78 is 5.33. The third-order valence-electron chi connectivity index (χ3n) is 3.71. The number of hydrogen-bond acceptors (Lipinski definition) is 6. The molecule has 0 N–H and O–H groups in total. The SMILES string of the molecule is O=C(Cc1cccs1)N1CC(c2nc(-c3ccsc3)no2)C1. The topological polar surface area (TPSA) is 59.2 Å². The van der Waals surface area contributed by atoms with Crippen LogP contribution in [0.3, 0.4) is 0 Å². The second-order valence-corrected chi connectivity index (χ2v) is 7.03. The van der Waals surface area contributed by atoms with Gasteiger partial charge in [-0.25, -0.2) is 0 Å². The maximum atomic E-state index is 12.1. The van der Waals surface area contributed by atoms with Crippen LogP contribution >= 0.6 is 22.7 Å². The monoisotopic (exact) mass is 331 g/mol. The summed E-state index contributed by atoms with van der Waals surface area (Å²) in [5, 5.41) is 9.98. The van der Waals surface area contributed by atoms with Gasteiger partial charge in [0.1, 0.15) is 0 Å².